The summed E-state index contributed by atoms with van der Waals surface area (Å²) >= 11 is 0. The molecule has 0 aromatic heterocycles. The number of guanidine groups is 1. The number of nitrogens with one attached hydrogen (secondary N) is 2. The molecule has 0 saturated carbocycles. The highest BCUT2D eigenvalue weighted by molar-refractivity contribution is 14.0. The van der Waals surface area contributed by atoms with E-state index in [0.717, 1.165) is 49.6 Å². The van der Waals surface area contributed by atoms with Gasteiger partial charge in [0.1, 0.15) is 17.4 Å². The fourth-order valence-electron chi connectivity index (χ4n) is 3.52. The van der Waals surface area contributed by atoms with Crippen LogP contribution >= 0.6 is 24.0 Å². The molecule has 1 aliphatic rings. The van der Waals surface area contributed by atoms with Gasteiger partial charge in [-0.3, -0.25) is 0 Å². The van der Waals surface area contributed by atoms with Crippen molar-refractivity contribution in [1.29, 1.82) is 0 Å². The van der Waals surface area contributed by atoms with Gasteiger partial charge in [-0.05, 0) is 49.6 Å². The Kier molecular flexibility index (Phi) is 9.61. The summed E-state index contributed by atoms with van der Waals surface area (Å²) in [6.07, 6.45) is 1.06. The molecule has 3 rings (SSSR count). The highest BCUT2D eigenvalue weighted by Gasteiger charge is 2.24. The average molecular weight is 530 g/mol. The van der Waals surface area contributed by atoms with Gasteiger partial charge in [0.15, 0.2) is 5.96 Å². The van der Waals surface area contributed by atoms with Gasteiger partial charge in [-0.2, -0.15) is 0 Å². The van der Waals surface area contributed by atoms with Crippen molar-refractivity contribution in [3.63, 3.8) is 0 Å². The summed E-state index contributed by atoms with van der Waals surface area (Å²) < 4.78 is 32.6. The molecule has 1 saturated heterocycles. The highest BCUT2D eigenvalue weighted by Crippen LogP contribution is 2.31. The lowest BCUT2D eigenvalue weighted by molar-refractivity contribution is 0.414. The molecule has 0 radical (unpaired) electrons. The van der Waals surface area contributed by atoms with Gasteiger partial charge in [-0.25, -0.2) is 13.8 Å². The first kappa shape index (κ1) is 24.2. The summed E-state index contributed by atoms with van der Waals surface area (Å²) in [4.78, 5) is 6.74. The normalized spacial score (nSPS) is 16.2. The van der Waals surface area contributed by atoms with Crippen LogP contribution in [0.5, 0.6) is 5.75 Å². The molecule has 1 fully saturated rings. The predicted molar refractivity (Wildman–Crippen MR) is 128 cm³/mol. The number of aliphatic imine (C=N–C) groups is 1. The van der Waals surface area contributed by atoms with Crippen LogP contribution in [0.4, 0.5) is 14.5 Å². The number of methoxy groups -OCH3 is 1. The minimum absolute atomic E-state index is 0. The van der Waals surface area contributed by atoms with Gasteiger partial charge in [0.25, 0.3) is 0 Å². The molecule has 1 heterocycles. The number of rotatable bonds is 7. The number of ether oxygens (including phenoxy) is 1. The molecule has 0 aliphatic carbocycles. The van der Waals surface area contributed by atoms with Gasteiger partial charge in [0.05, 0.1) is 19.3 Å². The molecule has 2 N–H and O–H groups in total. The van der Waals surface area contributed by atoms with E-state index in [4.69, 9.17) is 4.74 Å². The van der Waals surface area contributed by atoms with Gasteiger partial charge in [0, 0.05) is 31.7 Å². The molecule has 2 aromatic rings. The van der Waals surface area contributed by atoms with Gasteiger partial charge in [-0.1, -0.05) is 12.1 Å². The largest absolute Gasteiger partial charge is 0.495 e. The van der Waals surface area contributed by atoms with Crippen molar-refractivity contribution in [2.75, 3.05) is 38.2 Å². The fourth-order valence-corrected chi connectivity index (χ4v) is 3.52. The highest BCUT2D eigenvalue weighted by atomic mass is 127. The molecular weight excluding hydrogens is 501 g/mol. The van der Waals surface area contributed by atoms with Crippen molar-refractivity contribution in [2.24, 2.45) is 10.9 Å². The third-order valence-electron chi connectivity index (χ3n) is 5.03. The van der Waals surface area contributed by atoms with Crippen LogP contribution in [0.1, 0.15) is 18.9 Å². The summed E-state index contributed by atoms with van der Waals surface area (Å²) in [5.74, 6) is 1.03. The Morgan fingerprint density at radius 2 is 2.00 bits per heavy atom. The van der Waals surface area contributed by atoms with Crippen LogP contribution in [0.3, 0.4) is 0 Å². The van der Waals surface area contributed by atoms with E-state index in [0.29, 0.717) is 18.4 Å². The van der Waals surface area contributed by atoms with Gasteiger partial charge in [0.2, 0.25) is 0 Å². The number of benzene rings is 2. The third-order valence-corrected chi connectivity index (χ3v) is 5.03. The first-order valence-corrected chi connectivity index (χ1v) is 9.94. The molecular formula is C22H29F2IN4O. The van der Waals surface area contributed by atoms with Crippen molar-refractivity contribution in [2.45, 2.75) is 19.9 Å². The minimum Gasteiger partial charge on any atom is -0.495 e. The first-order chi connectivity index (χ1) is 14.1. The van der Waals surface area contributed by atoms with Crippen LogP contribution < -0.4 is 20.3 Å². The zero-order valence-corrected chi connectivity index (χ0v) is 19.7. The van der Waals surface area contributed by atoms with Crippen LogP contribution in [0, 0.1) is 17.6 Å². The van der Waals surface area contributed by atoms with Crippen molar-refractivity contribution in [3.05, 3.63) is 59.7 Å². The van der Waals surface area contributed by atoms with E-state index in [9.17, 15) is 8.78 Å². The summed E-state index contributed by atoms with van der Waals surface area (Å²) in [6, 6.07) is 11.5. The lowest BCUT2D eigenvalue weighted by atomic mass is 10.1. The molecule has 164 valence electrons. The predicted octanol–water partition coefficient (Wildman–Crippen LogP) is 4.17. The molecule has 0 spiro atoms. The van der Waals surface area contributed by atoms with E-state index in [-0.39, 0.29) is 36.1 Å². The number of halogens is 3. The lowest BCUT2D eigenvalue weighted by Gasteiger charge is -2.21. The standard InChI is InChI=1S/C22H28F2N4O.HI/c1-3-25-22(27-14-17-12-18(23)8-9-19(17)24)26-13-16-10-11-28(15-16)20-6-4-5-7-21(20)29-2;/h4-9,12,16H,3,10-11,13-15H2,1-2H3,(H2,25,26,27);1H. The summed E-state index contributed by atoms with van der Waals surface area (Å²) in [7, 11) is 1.69. The summed E-state index contributed by atoms with van der Waals surface area (Å²) in [6.45, 7) is 5.38. The Morgan fingerprint density at radius 3 is 2.77 bits per heavy atom. The molecule has 0 amide bonds. The van der Waals surface area contributed by atoms with E-state index >= 15 is 0 Å². The summed E-state index contributed by atoms with van der Waals surface area (Å²) in [5, 5.41) is 6.49. The van der Waals surface area contributed by atoms with E-state index < -0.39 is 11.6 Å². The number of nitrogens with zero attached hydrogens (tertiary/aromatic N) is 2. The number of anilines is 1. The maximum Gasteiger partial charge on any atom is 0.191 e. The Hall–Kier alpha value is -2.10. The minimum atomic E-state index is -0.461. The van der Waals surface area contributed by atoms with Crippen molar-refractivity contribution in [3.8, 4) is 5.75 Å². The van der Waals surface area contributed by atoms with Gasteiger partial charge >= 0.3 is 0 Å². The van der Waals surface area contributed by atoms with Crippen LogP contribution in [0.25, 0.3) is 0 Å². The molecule has 5 nitrogen and oxygen atoms in total. The monoisotopic (exact) mass is 530 g/mol. The SMILES string of the molecule is CCNC(=NCc1cc(F)ccc1F)NCC1CCN(c2ccccc2OC)C1.I. The maximum absolute atomic E-state index is 13.8. The quantitative estimate of drug-likeness (QED) is 0.321. The fraction of sp³-hybridized carbons (Fsp3) is 0.409. The number of para-hydroxylation sites is 2. The molecule has 8 heteroatoms. The van der Waals surface area contributed by atoms with Crippen molar-refractivity contribution in [1.82, 2.24) is 10.6 Å². The second-order valence-corrected chi connectivity index (χ2v) is 7.08. The van der Waals surface area contributed by atoms with Crippen LogP contribution in [0.15, 0.2) is 47.5 Å². The van der Waals surface area contributed by atoms with Crippen LogP contribution in [0.2, 0.25) is 0 Å². The van der Waals surface area contributed by atoms with Gasteiger partial charge in [-0.15, -0.1) is 24.0 Å². The van der Waals surface area contributed by atoms with Gasteiger partial charge < -0.3 is 20.3 Å². The van der Waals surface area contributed by atoms with Crippen LogP contribution in [-0.4, -0.2) is 39.2 Å². The first-order valence-electron chi connectivity index (χ1n) is 9.94. The second kappa shape index (κ2) is 11.9. The van der Waals surface area contributed by atoms with E-state index in [2.05, 4.69) is 26.6 Å². The Labute approximate surface area is 193 Å². The lowest BCUT2D eigenvalue weighted by Crippen LogP contribution is -2.40. The van der Waals surface area contributed by atoms with E-state index in [1.165, 1.54) is 6.07 Å². The topological polar surface area (TPSA) is 48.9 Å². The number of hydrogen-bond donors (Lipinski definition) is 2. The van der Waals surface area contributed by atoms with Crippen LogP contribution in [-0.2, 0) is 6.54 Å². The smallest absolute Gasteiger partial charge is 0.191 e. The Balaban J connectivity index is 0.00000320. The molecule has 0 bridgehead atoms. The maximum atomic E-state index is 13.8. The Morgan fingerprint density at radius 1 is 1.20 bits per heavy atom. The molecule has 30 heavy (non-hydrogen) atoms. The van der Waals surface area contributed by atoms with Crippen molar-refractivity contribution >= 4 is 35.6 Å². The van der Waals surface area contributed by atoms with E-state index in [1.807, 2.05) is 25.1 Å². The molecule has 1 atom stereocenters. The molecule has 1 aliphatic heterocycles. The zero-order valence-electron chi connectivity index (χ0n) is 17.3. The second-order valence-electron chi connectivity index (χ2n) is 7.08. The molecule has 2 aromatic carbocycles. The number of hydrogen-bond acceptors (Lipinski definition) is 3. The van der Waals surface area contributed by atoms with E-state index in [1.54, 1.807) is 7.11 Å². The third kappa shape index (κ3) is 6.45. The Bertz CT molecular complexity index is 850. The van der Waals surface area contributed by atoms with Crippen molar-refractivity contribution < 1.29 is 13.5 Å². The summed E-state index contributed by atoms with van der Waals surface area (Å²) in [5.41, 5.74) is 1.35. The molecule has 1 unspecified atom stereocenters. The average Bonchev–Trinajstić information content (AvgIpc) is 3.21. The zero-order chi connectivity index (χ0) is 20.6.